The van der Waals surface area contributed by atoms with E-state index in [4.69, 9.17) is 13.7 Å². The van der Waals surface area contributed by atoms with Gasteiger partial charge in [-0.1, -0.05) is 12.5 Å². The molecule has 7 nitrogen and oxygen atoms in total. The number of methoxy groups -OCH3 is 1. The summed E-state index contributed by atoms with van der Waals surface area (Å²) in [5.74, 6) is 0.709. The molecular weight excluding hydrogens is 370 g/mol. The molecule has 1 aliphatic heterocycles. The number of nitrogens with zero attached hydrogens (tertiary/aromatic N) is 1. The largest absolute Gasteiger partial charge is 0.493 e. The van der Waals surface area contributed by atoms with Crippen molar-refractivity contribution < 1.29 is 26.9 Å². The standard InChI is InChI=1S/C19H27NO6S/c1-24-17-9-8-14(11-18(17)26-27(2,22)23)12-20(13-16-7-4-10-25-16)19(21)15-5-3-6-15/h8-9,11,15-16H,3-7,10,12-13H2,1-2H3. The van der Waals surface area contributed by atoms with Crippen LogP contribution >= 0.6 is 0 Å². The lowest BCUT2D eigenvalue weighted by molar-refractivity contribution is -0.140. The fraction of sp³-hybridized carbons (Fsp3) is 0.632. The number of ether oxygens (including phenoxy) is 2. The molecule has 1 atom stereocenters. The van der Waals surface area contributed by atoms with Gasteiger partial charge in [-0.05, 0) is 43.4 Å². The Bertz CT molecular complexity index is 768. The van der Waals surface area contributed by atoms with Crippen molar-refractivity contribution in [2.75, 3.05) is 26.5 Å². The second-order valence-corrected chi connectivity index (χ2v) is 8.83. The predicted molar refractivity (Wildman–Crippen MR) is 100 cm³/mol. The summed E-state index contributed by atoms with van der Waals surface area (Å²) in [4.78, 5) is 14.7. The summed E-state index contributed by atoms with van der Waals surface area (Å²) in [5, 5.41) is 0. The molecular formula is C19H27NO6S. The molecule has 1 aromatic carbocycles. The van der Waals surface area contributed by atoms with E-state index < -0.39 is 10.1 Å². The Hall–Kier alpha value is -1.80. The minimum atomic E-state index is -3.68. The second-order valence-electron chi connectivity index (χ2n) is 7.25. The summed E-state index contributed by atoms with van der Waals surface area (Å²) in [6.07, 6.45) is 6.00. The molecule has 0 N–H and O–H groups in total. The maximum atomic E-state index is 12.9. The molecule has 1 aliphatic carbocycles. The third-order valence-corrected chi connectivity index (χ3v) is 5.54. The Morgan fingerprint density at radius 2 is 2.00 bits per heavy atom. The van der Waals surface area contributed by atoms with Crippen molar-refractivity contribution in [3.8, 4) is 11.5 Å². The van der Waals surface area contributed by atoms with Crippen molar-refractivity contribution in [3.05, 3.63) is 23.8 Å². The number of hydrogen-bond donors (Lipinski definition) is 0. The van der Waals surface area contributed by atoms with E-state index in [0.717, 1.165) is 50.5 Å². The average Bonchev–Trinajstić information content (AvgIpc) is 3.04. The molecule has 0 aromatic heterocycles. The maximum Gasteiger partial charge on any atom is 0.306 e. The summed E-state index contributed by atoms with van der Waals surface area (Å²) in [6.45, 7) is 1.69. The quantitative estimate of drug-likeness (QED) is 0.626. The zero-order chi connectivity index (χ0) is 19.4. The van der Waals surface area contributed by atoms with Gasteiger partial charge in [0.2, 0.25) is 5.91 Å². The molecule has 1 aromatic rings. The van der Waals surface area contributed by atoms with Gasteiger partial charge in [0.05, 0.1) is 19.5 Å². The number of benzene rings is 1. The van der Waals surface area contributed by atoms with Crippen molar-refractivity contribution in [1.29, 1.82) is 0 Å². The van der Waals surface area contributed by atoms with Crippen LogP contribution in [0.1, 0.15) is 37.7 Å². The van der Waals surface area contributed by atoms with Gasteiger partial charge in [-0.25, -0.2) is 0 Å². The molecule has 1 saturated carbocycles. The third kappa shape index (κ3) is 5.35. The fourth-order valence-corrected chi connectivity index (χ4v) is 3.90. The summed E-state index contributed by atoms with van der Waals surface area (Å²) >= 11 is 0. The van der Waals surface area contributed by atoms with Crippen LogP contribution in [0, 0.1) is 5.92 Å². The van der Waals surface area contributed by atoms with Crippen LogP contribution in [-0.2, 0) is 26.2 Å². The summed E-state index contributed by atoms with van der Waals surface area (Å²) in [6, 6.07) is 5.11. The number of hydrogen-bond acceptors (Lipinski definition) is 6. The number of carbonyl (C=O) groups is 1. The second kappa shape index (κ2) is 8.48. The monoisotopic (exact) mass is 397 g/mol. The molecule has 0 bridgehead atoms. The minimum absolute atomic E-state index is 0.0685. The first-order chi connectivity index (χ1) is 12.9. The molecule has 2 fully saturated rings. The zero-order valence-corrected chi connectivity index (χ0v) is 16.7. The van der Waals surface area contributed by atoms with Gasteiger partial charge in [-0.2, -0.15) is 8.42 Å². The third-order valence-electron chi connectivity index (χ3n) is 5.06. The average molecular weight is 397 g/mol. The van der Waals surface area contributed by atoms with E-state index in [1.807, 2.05) is 11.0 Å². The lowest BCUT2D eigenvalue weighted by Gasteiger charge is -2.33. The van der Waals surface area contributed by atoms with Crippen molar-refractivity contribution in [2.45, 2.75) is 44.8 Å². The van der Waals surface area contributed by atoms with E-state index >= 15 is 0 Å². The van der Waals surface area contributed by atoms with Crippen LogP contribution < -0.4 is 8.92 Å². The summed E-state index contributed by atoms with van der Waals surface area (Å²) < 4.78 is 39.0. The SMILES string of the molecule is COc1ccc(CN(CC2CCCO2)C(=O)C2CCC2)cc1OS(C)(=O)=O. The Morgan fingerprint density at radius 1 is 1.22 bits per heavy atom. The van der Waals surface area contributed by atoms with Gasteiger partial charge in [0, 0.05) is 25.6 Å². The molecule has 1 heterocycles. The van der Waals surface area contributed by atoms with Gasteiger partial charge < -0.3 is 18.6 Å². The first-order valence-electron chi connectivity index (χ1n) is 9.32. The predicted octanol–water partition coefficient (Wildman–Crippen LogP) is 2.34. The smallest absolute Gasteiger partial charge is 0.306 e. The Kier molecular flexibility index (Phi) is 6.26. The molecule has 27 heavy (non-hydrogen) atoms. The van der Waals surface area contributed by atoms with Gasteiger partial charge >= 0.3 is 10.1 Å². The highest BCUT2D eigenvalue weighted by Crippen LogP contribution is 2.32. The highest BCUT2D eigenvalue weighted by molar-refractivity contribution is 7.86. The zero-order valence-electron chi connectivity index (χ0n) is 15.8. The first kappa shape index (κ1) is 19.9. The summed E-state index contributed by atoms with van der Waals surface area (Å²) in [5.41, 5.74) is 0.792. The van der Waals surface area contributed by atoms with Crippen LogP contribution in [0.2, 0.25) is 0 Å². The maximum absolute atomic E-state index is 12.9. The van der Waals surface area contributed by atoms with E-state index in [1.165, 1.54) is 7.11 Å². The van der Waals surface area contributed by atoms with Crippen molar-refractivity contribution in [3.63, 3.8) is 0 Å². The molecule has 0 radical (unpaired) electrons. The van der Waals surface area contributed by atoms with Crippen molar-refractivity contribution in [2.24, 2.45) is 5.92 Å². The van der Waals surface area contributed by atoms with Gasteiger partial charge in [0.25, 0.3) is 0 Å². The highest BCUT2D eigenvalue weighted by Gasteiger charge is 2.31. The normalized spacial score (nSPS) is 20.1. The van der Waals surface area contributed by atoms with Gasteiger partial charge in [-0.15, -0.1) is 0 Å². The molecule has 3 rings (SSSR count). The Labute approximate surface area is 160 Å². The van der Waals surface area contributed by atoms with Crippen LogP contribution in [-0.4, -0.2) is 51.8 Å². The van der Waals surface area contributed by atoms with Gasteiger partial charge in [-0.3, -0.25) is 4.79 Å². The highest BCUT2D eigenvalue weighted by atomic mass is 32.2. The lowest BCUT2D eigenvalue weighted by Crippen LogP contribution is -2.42. The number of rotatable bonds is 8. The summed E-state index contributed by atoms with van der Waals surface area (Å²) in [7, 11) is -2.23. The van der Waals surface area contributed by atoms with E-state index in [9.17, 15) is 13.2 Å². The first-order valence-corrected chi connectivity index (χ1v) is 11.1. The van der Waals surface area contributed by atoms with Gasteiger partial charge in [0.1, 0.15) is 0 Å². The van der Waals surface area contributed by atoms with Gasteiger partial charge in [0.15, 0.2) is 11.5 Å². The molecule has 0 spiro atoms. The molecule has 8 heteroatoms. The van der Waals surface area contributed by atoms with Crippen molar-refractivity contribution in [1.82, 2.24) is 4.90 Å². The topological polar surface area (TPSA) is 82.1 Å². The molecule has 1 unspecified atom stereocenters. The van der Waals surface area contributed by atoms with Crippen molar-refractivity contribution >= 4 is 16.0 Å². The fourth-order valence-electron chi connectivity index (χ4n) is 3.45. The Morgan fingerprint density at radius 3 is 2.56 bits per heavy atom. The van der Waals surface area contributed by atoms with E-state index in [-0.39, 0.29) is 23.7 Å². The molecule has 1 amide bonds. The Balaban J connectivity index is 1.78. The van der Waals surface area contributed by atoms with E-state index in [2.05, 4.69) is 0 Å². The number of carbonyl (C=O) groups excluding carboxylic acids is 1. The van der Waals surface area contributed by atoms with Crippen LogP contribution in [0.4, 0.5) is 0 Å². The molecule has 1 saturated heterocycles. The molecule has 2 aliphatic rings. The van der Waals surface area contributed by atoms with E-state index in [0.29, 0.717) is 18.8 Å². The van der Waals surface area contributed by atoms with Crippen LogP contribution in [0.5, 0.6) is 11.5 Å². The van der Waals surface area contributed by atoms with Crippen LogP contribution in [0.25, 0.3) is 0 Å². The number of amides is 1. The minimum Gasteiger partial charge on any atom is -0.493 e. The lowest BCUT2D eigenvalue weighted by atomic mass is 9.84. The van der Waals surface area contributed by atoms with E-state index in [1.54, 1.807) is 12.1 Å². The van der Waals surface area contributed by atoms with Crippen LogP contribution in [0.3, 0.4) is 0 Å². The van der Waals surface area contributed by atoms with Crippen LogP contribution in [0.15, 0.2) is 18.2 Å². The molecule has 150 valence electrons.